The molecule has 0 bridgehead atoms. The maximum Gasteiger partial charge on any atom is 0.327 e. The predicted molar refractivity (Wildman–Crippen MR) is 100 cm³/mol. The lowest BCUT2D eigenvalue weighted by atomic mass is 9.81. The Balaban J connectivity index is 1.62. The Morgan fingerprint density at radius 1 is 1.19 bits per heavy atom. The maximum absolute atomic E-state index is 12.9. The third kappa shape index (κ3) is 3.75. The zero-order chi connectivity index (χ0) is 19.4. The Kier molecular flexibility index (Phi) is 5.65. The molecule has 1 aliphatic carbocycles. The van der Waals surface area contributed by atoms with Gasteiger partial charge in [0.2, 0.25) is 5.91 Å². The zero-order valence-corrected chi connectivity index (χ0v) is 15.6. The molecule has 1 aromatic rings. The number of amides is 4. The number of carbonyl (C=O) groups excluding carboxylic acids is 3. The fourth-order valence-corrected chi connectivity index (χ4v) is 3.83. The lowest BCUT2D eigenvalue weighted by Crippen LogP contribution is -2.49. The van der Waals surface area contributed by atoms with Crippen LogP contribution < -0.4 is 15.8 Å². The first kappa shape index (κ1) is 19.2. The predicted octanol–water partition coefficient (Wildman–Crippen LogP) is 1.56. The Morgan fingerprint density at radius 3 is 2.48 bits per heavy atom. The summed E-state index contributed by atoms with van der Waals surface area (Å²) in [5, 5.41) is 2.72. The third-order valence-corrected chi connectivity index (χ3v) is 5.31. The number of anilines is 1. The summed E-state index contributed by atoms with van der Waals surface area (Å²) in [7, 11) is 1.66. The van der Waals surface area contributed by atoms with Gasteiger partial charge in [-0.05, 0) is 37.1 Å². The number of nitrogens with zero attached hydrogens (tertiary/aromatic N) is 2. The first-order chi connectivity index (χ1) is 13.0. The summed E-state index contributed by atoms with van der Waals surface area (Å²) in [5.74, 6) is -0.00631. The molecule has 4 amide bonds. The number of nitrogens with two attached hydrogens (primary N) is 1. The number of likely N-dealkylation sites (N-methyl/N-ethyl adjacent to an activating group) is 1. The van der Waals surface area contributed by atoms with E-state index in [1.54, 1.807) is 31.3 Å². The molecule has 1 aliphatic heterocycles. The summed E-state index contributed by atoms with van der Waals surface area (Å²) in [6.07, 6.45) is 4.24. The summed E-state index contributed by atoms with van der Waals surface area (Å²) < 4.78 is 5.39. The number of ether oxygens (including phenoxy) is 1. The number of benzene rings is 1. The molecule has 8 nitrogen and oxygen atoms in total. The van der Waals surface area contributed by atoms with E-state index in [2.05, 4.69) is 5.32 Å². The SMILES string of the molecule is CN1C(=O)N(CC(=O)Nc2ccc(OCCN)cc2)C(=O)C12CCCCC2. The van der Waals surface area contributed by atoms with E-state index in [0.717, 1.165) is 24.2 Å². The molecule has 1 saturated carbocycles. The smallest absolute Gasteiger partial charge is 0.327 e. The molecule has 2 aliphatic rings. The Labute approximate surface area is 158 Å². The van der Waals surface area contributed by atoms with Gasteiger partial charge in [-0.25, -0.2) is 4.79 Å². The highest BCUT2D eigenvalue weighted by molar-refractivity contribution is 6.10. The highest BCUT2D eigenvalue weighted by Gasteiger charge is 2.55. The number of nitrogens with one attached hydrogen (secondary N) is 1. The van der Waals surface area contributed by atoms with E-state index < -0.39 is 17.5 Å². The molecule has 1 spiro atoms. The molecule has 3 N–H and O–H groups in total. The van der Waals surface area contributed by atoms with Crippen LogP contribution in [0.25, 0.3) is 0 Å². The van der Waals surface area contributed by atoms with Gasteiger partial charge in [-0.3, -0.25) is 14.5 Å². The van der Waals surface area contributed by atoms with Crippen LogP contribution in [0.15, 0.2) is 24.3 Å². The normalized spacial score (nSPS) is 18.9. The summed E-state index contributed by atoms with van der Waals surface area (Å²) in [6.45, 7) is 0.557. The van der Waals surface area contributed by atoms with Crippen molar-refractivity contribution in [3.8, 4) is 5.75 Å². The maximum atomic E-state index is 12.9. The van der Waals surface area contributed by atoms with Crippen LogP contribution in [0.5, 0.6) is 5.75 Å². The van der Waals surface area contributed by atoms with Crippen LogP contribution in [0.3, 0.4) is 0 Å². The van der Waals surface area contributed by atoms with Gasteiger partial charge in [-0.15, -0.1) is 0 Å². The largest absolute Gasteiger partial charge is 0.492 e. The lowest BCUT2D eigenvalue weighted by molar-refractivity contribution is -0.136. The second kappa shape index (κ2) is 7.96. The molecular formula is C19H26N4O4. The topological polar surface area (TPSA) is 105 Å². The average Bonchev–Trinajstić information content (AvgIpc) is 2.84. The van der Waals surface area contributed by atoms with Gasteiger partial charge in [0.15, 0.2) is 0 Å². The fourth-order valence-electron chi connectivity index (χ4n) is 3.83. The van der Waals surface area contributed by atoms with Crippen LogP contribution in [0, 0.1) is 0 Å². The van der Waals surface area contributed by atoms with Gasteiger partial charge in [0.05, 0.1) is 0 Å². The first-order valence-corrected chi connectivity index (χ1v) is 9.30. The molecule has 0 unspecified atom stereocenters. The number of hydrogen-bond donors (Lipinski definition) is 2. The van der Waals surface area contributed by atoms with Crippen molar-refractivity contribution >= 4 is 23.5 Å². The monoisotopic (exact) mass is 374 g/mol. The van der Waals surface area contributed by atoms with Gasteiger partial charge in [0.1, 0.15) is 24.4 Å². The quantitative estimate of drug-likeness (QED) is 0.735. The molecule has 0 radical (unpaired) electrons. The van der Waals surface area contributed by atoms with Gasteiger partial charge >= 0.3 is 6.03 Å². The average molecular weight is 374 g/mol. The second-order valence-electron chi connectivity index (χ2n) is 7.03. The van der Waals surface area contributed by atoms with Crippen molar-refractivity contribution in [3.63, 3.8) is 0 Å². The Morgan fingerprint density at radius 2 is 1.85 bits per heavy atom. The first-order valence-electron chi connectivity index (χ1n) is 9.30. The van der Waals surface area contributed by atoms with Gasteiger partial charge in [-0.2, -0.15) is 0 Å². The van der Waals surface area contributed by atoms with Crippen LogP contribution in [-0.2, 0) is 9.59 Å². The minimum absolute atomic E-state index is 0.254. The molecule has 1 saturated heterocycles. The van der Waals surface area contributed by atoms with E-state index in [9.17, 15) is 14.4 Å². The van der Waals surface area contributed by atoms with Crippen molar-refractivity contribution in [2.75, 3.05) is 32.1 Å². The molecule has 0 atom stereocenters. The van der Waals surface area contributed by atoms with Crippen LogP contribution in [0.2, 0.25) is 0 Å². The highest BCUT2D eigenvalue weighted by Crippen LogP contribution is 2.39. The van der Waals surface area contributed by atoms with E-state index in [1.807, 2.05) is 0 Å². The molecule has 3 rings (SSSR count). The van der Waals surface area contributed by atoms with E-state index in [1.165, 1.54) is 4.90 Å². The molecular weight excluding hydrogens is 348 g/mol. The molecule has 146 valence electrons. The summed E-state index contributed by atoms with van der Waals surface area (Å²) in [6, 6.07) is 6.45. The number of rotatable bonds is 6. The van der Waals surface area contributed by atoms with Crippen molar-refractivity contribution in [1.82, 2.24) is 9.80 Å². The summed E-state index contributed by atoms with van der Waals surface area (Å²) in [5.41, 5.74) is 5.19. The standard InChI is InChI=1S/C19H26N4O4/c1-22-18(26)23(17(25)19(22)9-3-2-4-10-19)13-16(24)21-14-5-7-15(8-6-14)27-12-11-20/h5-8H,2-4,9-13,20H2,1H3,(H,21,24). The van der Waals surface area contributed by atoms with Crippen molar-refractivity contribution in [3.05, 3.63) is 24.3 Å². The Hall–Kier alpha value is -2.61. The van der Waals surface area contributed by atoms with Gasteiger partial charge in [-0.1, -0.05) is 19.3 Å². The zero-order valence-electron chi connectivity index (χ0n) is 15.6. The van der Waals surface area contributed by atoms with E-state index >= 15 is 0 Å². The number of hydrogen-bond acceptors (Lipinski definition) is 5. The minimum atomic E-state index is -0.766. The van der Waals surface area contributed by atoms with Gasteiger partial charge in [0.25, 0.3) is 5.91 Å². The van der Waals surface area contributed by atoms with Crippen molar-refractivity contribution in [2.45, 2.75) is 37.6 Å². The van der Waals surface area contributed by atoms with Crippen LogP contribution in [-0.4, -0.2) is 59.9 Å². The second-order valence-corrected chi connectivity index (χ2v) is 7.03. The molecule has 27 heavy (non-hydrogen) atoms. The summed E-state index contributed by atoms with van der Waals surface area (Å²) in [4.78, 5) is 40.4. The van der Waals surface area contributed by atoms with E-state index in [0.29, 0.717) is 37.4 Å². The van der Waals surface area contributed by atoms with Crippen LogP contribution in [0.4, 0.5) is 10.5 Å². The van der Waals surface area contributed by atoms with Crippen molar-refractivity contribution in [2.24, 2.45) is 5.73 Å². The Bertz CT molecular complexity index is 713. The fraction of sp³-hybridized carbons (Fsp3) is 0.526. The molecule has 0 aromatic heterocycles. The lowest BCUT2D eigenvalue weighted by Gasteiger charge is -2.35. The molecule has 1 heterocycles. The van der Waals surface area contributed by atoms with Gasteiger partial charge in [0, 0.05) is 19.3 Å². The molecule has 1 aromatic carbocycles. The highest BCUT2D eigenvalue weighted by atomic mass is 16.5. The van der Waals surface area contributed by atoms with Gasteiger partial charge < -0.3 is 20.7 Å². The van der Waals surface area contributed by atoms with Crippen LogP contribution >= 0.6 is 0 Å². The molecule has 8 heteroatoms. The minimum Gasteiger partial charge on any atom is -0.492 e. The number of imide groups is 1. The van der Waals surface area contributed by atoms with Crippen LogP contribution in [0.1, 0.15) is 32.1 Å². The summed E-state index contributed by atoms with van der Waals surface area (Å²) >= 11 is 0. The van der Waals surface area contributed by atoms with Crippen molar-refractivity contribution < 1.29 is 19.1 Å². The third-order valence-electron chi connectivity index (χ3n) is 5.31. The molecule has 2 fully saturated rings. The van der Waals surface area contributed by atoms with E-state index in [4.69, 9.17) is 10.5 Å². The number of urea groups is 1. The number of carbonyl (C=O) groups is 3. The van der Waals surface area contributed by atoms with Crippen molar-refractivity contribution in [1.29, 1.82) is 0 Å². The van der Waals surface area contributed by atoms with E-state index in [-0.39, 0.29) is 12.5 Å².